The molecule has 1 aromatic heterocycles. The van der Waals surface area contributed by atoms with E-state index in [1.807, 2.05) is 19.1 Å². The van der Waals surface area contributed by atoms with Gasteiger partial charge in [0.25, 0.3) is 0 Å². The van der Waals surface area contributed by atoms with Crippen molar-refractivity contribution in [2.75, 3.05) is 25.7 Å². The lowest BCUT2D eigenvalue weighted by atomic mass is 10.0. The highest BCUT2D eigenvalue weighted by Gasteiger charge is 2.30. The number of anilines is 1. The van der Waals surface area contributed by atoms with Crippen molar-refractivity contribution in [1.29, 1.82) is 0 Å². The van der Waals surface area contributed by atoms with E-state index >= 15 is 0 Å². The maximum atomic E-state index is 12.8. The molecule has 0 unspecified atom stereocenters. The molecule has 3 N–H and O–H groups in total. The van der Waals surface area contributed by atoms with Crippen molar-refractivity contribution in [3.8, 4) is 11.4 Å². The minimum Gasteiger partial charge on any atom is -0.342 e. The van der Waals surface area contributed by atoms with Crippen LogP contribution in [0.15, 0.2) is 48.5 Å². The number of aromatic nitrogens is 2. The number of H-pyrrole nitrogens is 1. The Hall–Kier alpha value is -2.88. The standard InChI is InChI=1S/C25H30F3N5O/c1-17-23(31-24(30-17)19-5-7-20(8-6-19)25(26,27)28)16-33-13-11-21(12-14-33)29-15-18-3-9-22(10-4-18)32-34-2/h3-10,21,29,32H,11-16H2,1-2H3,(H,30,31). The van der Waals surface area contributed by atoms with E-state index < -0.39 is 11.7 Å². The molecule has 182 valence electrons. The zero-order chi connectivity index (χ0) is 24.1. The lowest BCUT2D eigenvalue weighted by molar-refractivity contribution is -0.137. The number of nitrogens with zero attached hydrogens (tertiary/aromatic N) is 2. The Labute approximate surface area is 197 Å². The van der Waals surface area contributed by atoms with Gasteiger partial charge >= 0.3 is 6.18 Å². The van der Waals surface area contributed by atoms with E-state index in [1.54, 1.807) is 7.11 Å². The average molecular weight is 474 g/mol. The van der Waals surface area contributed by atoms with Crippen molar-refractivity contribution in [3.63, 3.8) is 0 Å². The summed E-state index contributed by atoms with van der Waals surface area (Å²) < 4.78 is 38.4. The summed E-state index contributed by atoms with van der Waals surface area (Å²) >= 11 is 0. The average Bonchev–Trinajstić information content (AvgIpc) is 3.19. The van der Waals surface area contributed by atoms with E-state index in [2.05, 4.69) is 37.8 Å². The second-order valence-electron chi connectivity index (χ2n) is 8.67. The van der Waals surface area contributed by atoms with Crippen LogP contribution in [0, 0.1) is 6.92 Å². The topological polar surface area (TPSA) is 65.2 Å². The third-order valence-corrected chi connectivity index (χ3v) is 6.20. The highest BCUT2D eigenvalue weighted by Crippen LogP contribution is 2.30. The first-order chi connectivity index (χ1) is 16.3. The quantitative estimate of drug-likeness (QED) is 0.396. The normalized spacial score (nSPS) is 15.6. The number of rotatable bonds is 8. The number of aromatic amines is 1. The highest BCUT2D eigenvalue weighted by atomic mass is 19.4. The summed E-state index contributed by atoms with van der Waals surface area (Å²) in [7, 11) is 1.59. The lowest BCUT2D eigenvalue weighted by Gasteiger charge is -2.32. The van der Waals surface area contributed by atoms with E-state index in [9.17, 15) is 13.2 Å². The summed E-state index contributed by atoms with van der Waals surface area (Å²) in [4.78, 5) is 15.2. The van der Waals surface area contributed by atoms with Gasteiger partial charge in [0.05, 0.1) is 24.1 Å². The summed E-state index contributed by atoms with van der Waals surface area (Å²) in [6.45, 7) is 5.45. The molecule has 6 nitrogen and oxygen atoms in total. The van der Waals surface area contributed by atoms with Crippen molar-refractivity contribution in [2.24, 2.45) is 0 Å². The smallest absolute Gasteiger partial charge is 0.342 e. The fraction of sp³-hybridized carbons (Fsp3) is 0.400. The molecule has 0 radical (unpaired) electrons. The van der Waals surface area contributed by atoms with Gasteiger partial charge in [-0.1, -0.05) is 24.3 Å². The molecule has 1 fully saturated rings. The molecule has 9 heteroatoms. The molecule has 0 aliphatic carbocycles. The monoisotopic (exact) mass is 473 g/mol. The van der Waals surface area contributed by atoms with Gasteiger partial charge in [0.2, 0.25) is 0 Å². The van der Waals surface area contributed by atoms with Crippen LogP contribution in [0.3, 0.4) is 0 Å². The van der Waals surface area contributed by atoms with Crippen molar-refractivity contribution in [3.05, 3.63) is 71.0 Å². The number of hydrogen-bond donors (Lipinski definition) is 3. The molecule has 0 atom stereocenters. The Balaban J connectivity index is 1.27. The number of benzene rings is 2. The van der Waals surface area contributed by atoms with Crippen molar-refractivity contribution in [2.45, 2.75) is 45.1 Å². The number of piperidine rings is 1. The van der Waals surface area contributed by atoms with E-state index in [1.165, 1.54) is 17.7 Å². The van der Waals surface area contributed by atoms with Gasteiger partial charge in [-0.3, -0.25) is 15.2 Å². The minimum absolute atomic E-state index is 0.469. The molecule has 2 aromatic carbocycles. The molecule has 0 bridgehead atoms. The van der Waals surface area contributed by atoms with Crippen LogP contribution in [-0.2, 0) is 24.1 Å². The van der Waals surface area contributed by atoms with Gasteiger partial charge < -0.3 is 10.3 Å². The second-order valence-corrected chi connectivity index (χ2v) is 8.67. The molecule has 4 rings (SSSR count). The third kappa shape index (κ3) is 6.16. The number of nitrogens with one attached hydrogen (secondary N) is 3. The van der Waals surface area contributed by atoms with Crippen LogP contribution >= 0.6 is 0 Å². The fourth-order valence-corrected chi connectivity index (χ4v) is 4.18. The van der Waals surface area contributed by atoms with Crippen LogP contribution in [0.25, 0.3) is 11.4 Å². The van der Waals surface area contributed by atoms with E-state index in [0.717, 1.165) is 68.2 Å². The van der Waals surface area contributed by atoms with Gasteiger partial charge in [-0.25, -0.2) is 4.98 Å². The number of imidazole rings is 1. The first-order valence-corrected chi connectivity index (χ1v) is 11.4. The van der Waals surface area contributed by atoms with E-state index in [0.29, 0.717) is 17.4 Å². The summed E-state index contributed by atoms with van der Waals surface area (Å²) in [5.74, 6) is 0.601. The molecule has 2 heterocycles. The molecular weight excluding hydrogens is 443 g/mol. The maximum absolute atomic E-state index is 12.8. The van der Waals surface area contributed by atoms with E-state index in [4.69, 9.17) is 4.84 Å². The molecule has 0 amide bonds. The molecule has 0 spiro atoms. The Kier molecular flexibility index (Phi) is 7.55. The van der Waals surface area contributed by atoms with Crippen molar-refractivity contribution in [1.82, 2.24) is 20.2 Å². The number of alkyl halides is 3. The van der Waals surface area contributed by atoms with Crippen LogP contribution in [0.2, 0.25) is 0 Å². The zero-order valence-corrected chi connectivity index (χ0v) is 19.4. The van der Waals surface area contributed by atoms with Gasteiger partial charge in [0, 0.05) is 43.5 Å². The van der Waals surface area contributed by atoms with Crippen LogP contribution < -0.4 is 10.8 Å². The predicted molar refractivity (Wildman–Crippen MR) is 126 cm³/mol. The van der Waals surface area contributed by atoms with Gasteiger partial charge in [0.15, 0.2) is 0 Å². The number of halogens is 3. The molecular formula is C25H30F3N5O. The van der Waals surface area contributed by atoms with E-state index in [-0.39, 0.29) is 0 Å². The number of likely N-dealkylation sites (tertiary alicyclic amines) is 1. The molecule has 1 aliphatic heterocycles. The minimum atomic E-state index is -4.34. The van der Waals surface area contributed by atoms with Gasteiger partial charge in [-0.2, -0.15) is 13.2 Å². The summed E-state index contributed by atoms with van der Waals surface area (Å²) in [5.41, 5.74) is 6.84. The Morgan fingerprint density at radius 2 is 1.74 bits per heavy atom. The SMILES string of the molecule is CONc1ccc(CNC2CCN(Cc3nc(-c4ccc(C(F)(F)F)cc4)[nH]c3C)CC2)cc1. The fourth-order valence-electron chi connectivity index (χ4n) is 4.18. The largest absolute Gasteiger partial charge is 0.416 e. The van der Waals surface area contributed by atoms with Crippen molar-refractivity contribution < 1.29 is 18.0 Å². The van der Waals surface area contributed by atoms with Crippen LogP contribution in [0.4, 0.5) is 18.9 Å². The first-order valence-electron chi connectivity index (χ1n) is 11.4. The number of hydrogen-bond acceptors (Lipinski definition) is 5. The summed E-state index contributed by atoms with van der Waals surface area (Å²) in [6.07, 6.45) is -2.23. The lowest BCUT2D eigenvalue weighted by Crippen LogP contribution is -2.42. The molecule has 1 saturated heterocycles. The zero-order valence-electron chi connectivity index (χ0n) is 19.4. The summed E-state index contributed by atoms with van der Waals surface area (Å²) in [6, 6.07) is 13.7. The van der Waals surface area contributed by atoms with Crippen LogP contribution in [0.1, 0.15) is 35.4 Å². The molecule has 0 saturated carbocycles. The van der Waals surface area contributed by atoms with Crippen LogP contribution in [-0.4, -0.2) is 41.1 Å². The highest BCUT2D eigenvalue weighted by molar-refractivity contribution is 5.56. The number of aryl methyl sites for hydroxylation is 1. The second kappa shape index (κ2) is 10.6. The summed E-state index contributed by atoms with van der Waals surface area (Å²) in [5, 5.41) is 3.65. The van der Waals surface area contributed by atoms with Gasteiger partial charge in [0.1, 0.15) is 5.82 Å². The van der Waals surface area contributed by atoms with Crippen LogP contribution in [0.5, 0.6) is 0 Å². The predicted octanol–water partition coefficient (Wildman–Crippen LogP) is 5.13. The van der Waals surface area contributed by atoms with Gasteiger partial charge in [-0.05, 0) is 49.6 Å². The van der Waals surface area contributed by atoms with Crippen molar-refractivity contribution >= 4 is 5.69 Å². The Bertz CT molecular complexity index is 1060. The molecule has 3 aromatic rings. The molecule has 1 aliphatic rings. The Morgan fingerprint density at radius 1 is 1.06 bits per heavy atom. The van der Waals surface area contributed by atoms with Gasteiger partial charge in [-0.15, -0.1) is 0 Å². The third-order valence-electron chi connectivity index (χ3n) is 6.20. The first kappa shape index (κ1) is 24.3. The maximum Gasteiger partial charge on any atom is 0.416 e. The molecule has 34 heavy (non-hydrogen) atoms. The Morgan fingerprint density at radius 3 is 2.35 bits per heavy atom.